The van der Waals surface area contributed by atoms with Crippen LogP contribution in [0, 0.1) is 5.92 Å². The minimum absolute atomic E-state index is 0.0531. The lowest BCUT2D eigenvalue weighted by Crippen LogP contribution is -2.42. The van der Waals surface area contributed by atoms with Gasteiger partial charge in [0.25, 0.3) is 0 Å². The Morgan fingerprint density at radius 2 is 2.00 bits per heavy atom. The molecule has 1 saturated carbocycles. The Bertz CT molecular complexity index is 531. The number of ether oxygens (including phenoxy) is 2. The van der Waals surface area contributed by atoms with Gasteiger partial charge in [0.05, 0.1) is 37.0 Å². The molecule has 0 aromatic rings. The van der Waals surface area contributed by atoms with Crippen LogP contribution in [0.25, 0.3) is 0 Å². The molecule has 3 rings (SSSR count). The Morgan fingerprint density at radius 1 is 1.24 bits per heavy atom. The van der Waals surface area contributed by atoms with Gasteiger partial charge in [-0.15, -0.1) is 11.8 Å². The van der Waals surface area contributed by atoms with Crippen molar-refractivity contribution >= 4 is 23.6 Å². The third-order valence-corrected chi connectivity index (χ3v) is 6.48. The highest BCUT2D eigenvalue weighted by Crippen LogP contribution is 2.47. The van der Waals surface area contributed by atoms with Gasteiger partial charge in [0.2, 0.25) is 5.91 Å². The molecule has 0 aromatic carbocycles. The summed E-state index contributed by atoms with van der Waals surface area (Å²) in [5.41, 5.74) is 0.703. The number of hydrogen-bond acceptors (Lipinski definition) is 6. The van der Waals surface area contributed by atoms with Crippen LogP contribution in [0.15, 0.2) is 10.6 Å². The fourth-order valence-electron chi connectivity index (χ4n) is 3.81. The lowest BCUT2D eigenvalue weighted by Gasteiger charge is -2.25. The molecule has 1 amide bonds. The van der Waals surface area contributed by atoms with Gasteiger partial charge in [-0.3, -0.25) is 9.69 Å². The summed E-state index contributed by atoms with van der Waals surface area (Å²) in [6, 6.07) is 0. The Labute approximate surface area is 153 Å². The van der Waals surface area contributed by atoms with Crippen LogP contribution in [-0.2, 0) is 19.1 Å². The minimum atomic E-state index is -0.258. The van der Waals surface area contributed by atoms with Crippen molar-refractivity contribution in [3.05, 3.63) is 10.6 Å². The summed E-state index contributed by atoms with van der Waals surface area (Å²) >= 11 is 1.66. The van der Waals surface area contributed by atoms with Crippen molar-refractivity contribution in [1.29, 1.82) is 0 Å². The molecule has 2 atom stereocenters. The Balaban J connectivity index is 1.70. The first-order chi connectivity index (χ1) is 12.2. The maximum Gasteiger partial charge on any atom is 0.336 e. The lowest BCUT2D eigenvalue weighted by molar-refractivity contribution is -0.139. The molecule has 1 N–H and O–H groups in total. The standard InChI is InChI=1S/C18H28N2O4S/c1-2-24-18(22)16-13-6-4-3-5-7-14(13)25-17(16)19-15(21)12-20-8-10-23-11-9-20/h13-14H,2-12H2,1H3,(H,19,21). The number of rotatable bonds is 5. The fraction of sp³-hybridized carbons (Fsp3) is 0.778. The van der Waals surface area contributed by atoms with E-state index in [9.17, 15) is 9.59 Å². The molecule has 0 aromatic heterocycles. The smallest absolute Gasteiger partial charge is 0.336 e. The van der Waals surface area contributed by atoms with Gasteiger partial charge in [0.15, 0.2) is 0 Å². The van der Waals surface area contributed by atoms with E-state index in [0.29, 0.717) is 37.2 Å². The van der Waals surface area contributed by atoms with Crippen molar-refractivity contribution in [2.75, 3.05) is 39.5 Å². The van der Waals surface area contributed by atoms with E-state index < -0.39 is 0 Å². The van der Waals surface area contributed by atoms with Crippen molar-refractivity contribution in [2.24, 2.45) is 5.92 Å². The van der Waals surface area contributed by atoms with Crippen molar-refractivity contribution < 1.29 is 19.1 Å². The predicted octanol–water partition coefficient (Wildman–Crippen LogP) is 1.91. The van der Waals surface area contributed by atoms with E-state index in [2.05, 4.69) is 10.2 Å². The van der Waals surface area contributed by atoms with Crippen molar-refractivity contribution in [3.63, 3.8) is 0 Å². The van der Waals surface area contributed by atoms with Gasteiger partial charge in [0, 0.05) is 24.3 Å². The van der Waals surface area contributed by atoms with Crippen LogP contribution in [-0.4, -0.2) is 61.5 Å². The van der Waals surface area contributed by atoms with Crippen LogP contribution >= 0.6 is 11.8 Å². The minimum Gasteiger partial charge on any atom is -0.463 e. The van der Waals surface area contributed by atoms with E-state index in [1.807, 2.05) is 6.92 Å². The highest BCUT2D eigenvalue weighted by molar-refractivity contribution is 8.04. The molecular weight excluding hydrogens is 340 g/mol. The highest BCUT2D eigenvalue weighted by atomic mass is 32.2. The second kappa shape index (κ2) is 9.05. The number of esters is 1. The van der Waals surface area contributed by atoms with Gasteiger partial charge in [0.1, 0.15) is 0 Å². The lowest BCUT2D eigenvalue weighted by atomic mass is 9.92. The molecule has 2 aliphatic heterocycles. The molecule has 2 fully saturated rings. The number of amides is 1. The molecule has 0 radical (unpaired) electrons. The average molecular weight is 368 g/mol. The molecule has 0 spiro atoms. The molecule has 140 valence electrons. The van der Waals surface area contributed by atoms with E-state index >= 15 is 0 Å². The summed E-state index contributed by atoms with van der Waals surface area (Å²) in [6.45, 7) is 5.41. The molecule has 6 nitrogen and oxygen atoms in total. The zero-order valence-corrected chi connectivity index (χ0v) is 15.7. The van der Waals surface area contributed by atoms with E-state index in [1.54, 1.807) is 11.8 Å². The maximum atomic E-state index is 12.5. The highest BCUT2D eigenvalue weighted by Gasteiger charge is 2.40. The molecule has 7 heteroatoms. The summed E-state index contributed by atoms with van der Waals surface area (Å²) < 4.78 is 10.6. The third-order valence-electron chi connectivity index (χ3n) is 5.06. The number of carbonyl (C=O) groups excluding carboxylic acids is 2. The SMILES string of the molecule is CCOC(=O)C1=C(NC(=O)CN2CCOCC2)SC2CCCCCC12. The molecule has 2 heterocycles. The first kappa shape index (κ1) is 18.7. The van der Waals surface area contributed by atoms with Gasteiger partial charge < -0.3 is 14.8 Å². The molecule has 1 aliphatic carbocycles. The van der Waals surface area contributed by atoms with E-state index in [4.69, 9.17) is 9.47 Å². The topological polar surface area (TPSA) is 67.9 Å². The molecule has 2 unspecified atom stereocenters. The predicted molar refractivity (Wildman–Crippen MR) is 97.0 cm³/mol. The van der Waals surface area contributed by atoms with Crippen LogP contribution < -0.4 is 5.32 Å². The molecule has 3 aliphatic rings. The second-order valence-corrected chi connectivity index (χ2v) is 8.05. The first-order valence-electron chi connectivity index (χ1n) is 9.37. The Morgan fingerprint density at radius 3 is 2.76 bits per heavy atom. The Kier molecular flexibility index (Phi) is 6.78. The van der Waals surface area contributed by atoms with Crippen LogP contribution in [0.4, 0.5) is 0 Å². The largest absolute Gasteiger partial charge is 0.463 e. The molecule has 25 heavy (non-hydrogen) atoms. The van der Waals surface area contributed by atoms with Crippen LogP contribution in [0.2, 0.25) is 0 Å². The van der Waals surface area contributed by atoms with Crippen molar-refractivity contribution in [3.8, 4) is 0 Å². The zero-order valence-electron chi connectivity index (χ0n) is 14.9. The van der Waals surface area contributed by atoms with Crippen LogP contribution in [0.3, 0.4) is 0 Å². The second-order valence-electron chi connectivity index (χ2n) is 6.80. The number of fused-ring (bicyclic) bond motifs is 1. The number of nitrogens with zero attached hydrogens (tertiary/aromatic N) is 1. The summed E-state index contributed by atoms with van der Waals surface area (Å²) in [5, 5.41) is 4.13. The van der Waals surface area contributed by atoms with Gasteiger partial charge in [-0.1, -0.05) is 19.3 Å². The van der Waals surface area contributed by atoms with Gasteiger partial charge >= 0.3 is 5.97 Å². The van der Waals surface area contributed by atoms with Gasteiger partial charge in [-0.05, 0) is 19.8 Å². The first-order valence-corrected chi connectivity index (χ1v) is 10.2. The van der Waals surface area contributed by atoms with Crippen molar-refractivity contribution in [1.82, 2.24) is 10.2 Å². The summed E-state index contributed by atoms with van der Waals surface area (Å²) in [6.07, 6.45) is 5.66. The summed E-state index contributed by atoms with van der Waals surface area (Å²) in [4.78, 5) is 27.1. The van der Waals surface area contributed by atoms with Crippen LogP contribution in [0.1, 0.15) is 39.0 Å². The third kappa shape index (κ3) is 4.77. The fourth-order valence-corrected chi connectivity index (χ4v) is 5.36. The summed E-state index contributed by atoms with van der Waals surface area (Å²) in [5.74, 6) is -0.0982. The molecule has 0 bridgehead atoms. The maximum absolute atomic E-state index is 12.5. The van der Waals surface area contributed by atoms with Gasteiger partial charge in [-0.25, -0.2) is 4.79 Å². The van der Waals surface area contributed by atoms with Crippen LogP contribution in [0.5, 0.6) is 0 Å². The van der Waals surface area contributed by atoms with Crippen molar-refractivity contribution in [2.45, 2.75) is 44.3 Å². The number of morpholine rings is 1. The number of thioether (sulfide) groups is 1. The average Bonchev–Trinajstić information content (AvgIpc) is 2.77. The van der Waals surface area contributed by atoms with Gasteiger partial charge in [-0.2, -0.15) is 0 Å². The number of nitrogens with one attached hydrogen (secondary N) is 1. The van der Waals surface area contributed by atoms with E-state index in [1.165, 1.54) is 12.8 Å². The molecule has 1 saturated heterocycles. The van der Waals surface area contributed by atoms with E-state index in [0.717, 1.165) is 37.4 Å². The normalized spacial score (nSPS) is 27.6. The quantitative estimate of drug-likeness (QED) is 0.748. The molecular formula is C18H28N2O4S. The summed E-state index contributed by atoms with van der Waals surface area (Å²) in [7, 11) is 0. The zero-order chi connectivity index (χ0) is 17.6. The number of hydrogen-bond donors (Lipinski definition) is 1. The number of carbonyl (C=O) groups is 2. The Hall–Kier alpha value is -1.05. The monoisotopic (exact) mass is 368 g/mol. The van der Waals surface area contributed by atoms with E-state index in [-0.39, 0.29) is 17.8 Å².